The van der Waals surface area contributed by atoms with Crippen molar-refractivity contribution in [3.8, 4) is 0 Å². The van der Waals surface area contributed by atoms with Crippen LogP contribution in [0.15, 0.2) is 12.2 Å². The summed E-state index contributed by atoms with van der Waals surface area (Å²) >= 11 is 0. The molecule has 0 aliphatic carbocycles. The van der Waals surface area contributed by atoms with Gasteiger partial charge in [0, 0.05) is 26.1 Å². The van der Waals surface area contributed by atoms with Crippen molar-refractivity contribution < 1.29 is 82.1 Å². The van der Waals surface area contributed by atoms with E-state index in [-0.39, 0.29) is 68.4 Å². The number of esters is 1. The van der Waals surface area contributed by atoms with E-state index in [9.17, 15) is 27.4 Å². The van der Waals surface area contributed by atoms with Crippen LogP contribution in [0.2, 0.25) is 0 Å². The number of carbonyl (C=O) groups excluding carboxylic acids is 2. The number of allylic oxidation sites excluding steroid dienone is 2. The number of nitrogens with zero attached hydrogens (tertiary/aromatic N) is 1. The van der Waals surface area contributed by atoms with Gasteiger partial charge in [-0.3, -0.25) is 19.3 Å². The van der Waals surface area contributed by atoms with Crippen LogP contribution in [0.4, 0.5) is 0 Å². The van der Waals surface area contributed by atoms with Crippen LogP contribution >= 0.6 is 0 Å². The number of carbonyl (C=O) groups is 3. The Labute approximate surface area is 292 Å². The molecule has 1 amide bonds. The van der Waals surface area contributed by atoms with Gasteiger partial charge in [-0.15, -0.1) is 0 Å². The van der Waals surface area contributed by atoms with Crippen molar-refractivity contribution in [2.75, 3.05) is 52.6 Å². The zero-order valence-electron chi connectivity index (χ0n) is 27.5. The topological polar surface area (TPSA) is 214 Å². The quantitative estimate of drug-likeness (QED) is 0.0230. The Hall–Kier alpha value is -1.10. The Bertz CT molecular complexity index is 847. The number of carboxylic acids is 1. The summed E-state index contributed by atoms with van der Waals surface area (Å²) in [6.45, 7) is 3.59. The number of aliphatic hydroxyl groups is 3. The van der Waals surface area contributed by atoms with Gasteiger partial charge in [-0.1, -0.05) is 70.4 Å². The third kappa shape index (κ3) is 34.1. The minimum Gasteiger partial charge on any atom is -0.747 e. The van der Waals surface area contributed by atoms with Crippen molar-refractivity contribution in [3.05, 3.63) is 12.2 Å². The van der Waals surface area contributed by atoms with E-state index in [2.05, 4.69) is 29.1 Å². The van der Waals surface area contributed by atoms with Gasteiger partial charge in [0.2, 0.25) is 5.91 Å². The van der Waals surface area contributed by atoms with E-state index >= 15 is 0 Å². The molecule has 1 atom stereocenters. The molecule has 260 valence electrons. The van der Waals surface area contributed by atoms with Crippen molar-refractivity contribution >= 4 is 28.0 Å². The third-order valence-corrected chi connectivity index (χ3v) is 7.61. The molecule has 0 saturated carbocycles. The number of unbranched alkanes of at least 4 members (excludes halogenated alkanes) is 11. The Morgan fingerprint density at radius 3 is 1.73 bits per heavy atom. The second-order valence-corrected chi connectivity index (χ2v) is 12.0. The summed E-state index contributed by atoms with van der Waals surface area (Å²) in [6.07, 6.45) is 18.9. The molecular formula is C30H57N2NaO11S. The molecule has 0 aromatic heterocycles. The number of carboxylic acid groups (broad SMARTS) is 1. The first-order chi connectivity index (χ1) is 21.0. The fourth-order valence-corrected chi connectivity index (χ4v) is 4.75. The van der Waals surface area contributed by atoms with Crippen molar-refractivity contribution in [1.82, 2.24) is 10.2 Å². The first kappa shape index (κ1) is 48.3. The minimum atomic E-state index is -5.14. The third-order valence-electron chi connectivity index (χ3n) is 6.55. The van der Waals surface area contributed by atoms with E-state index in [1.54, 1.807) is 4.90 Å². The first-order valence-electron chi connectivity index (χ1n) is 15.8. The summed E-state index contributed by atoms with van der Waals surface area (Å²) < 4.78 is 37.5. The predicted molar refractivity (Wildman–Crippen MR) is 167 cm³/mol. The average Bonchev–Trinajstić information content (AvgIpc) is 2.96. The van der Waals surface area contributed by atoms with Crippen molar-refractivity contribution in [1.29, 1.82) is 0 Å². The second kappa shape index (κ2) is 34.2. The minimum absolute atomic E-state index is 0. The number of rotatable bonds is 28. The van der Waals surface area contributed by atoms with Crippen molar-refractivity contribution in [2.24, 2.45) is 0 Å². The Morgan fingerprint density at radius 1 is 0.822 bits per heavy atom. The number of hydrogen-bond acceptors (Lipinski definition) is 11. The van der Waals surface area contributed by atoms with Crippen LogP contribution < -0.4 is 34.9 Å². The summed E-state index contributed by atoms with van der Waals surface area (Å²) in [7, 11) is -5.14. The summed E-state index contributed by atoms with van der Waals surface area (Å²) in [4.78, 5) is 35.8. The molecule has 0 saturated heterocycles. The standard InChI is InChI=1S/C24H43NO8S.C6H15NO3.Na/c1-2-3-4-5-6-7-8-9-10-11-12-13-14-15-16-17-22(26)25-18-19-33-24(29)21(20-23(27)28)34(30,31)32;8-4-1-7(2-5-9)3-6-10;/h9-10,21H,2-8,11-20H2,1H3,(H,25,26)(H,27,28)(H,30,31,32);8-10H,1-6H2;/q;;+1/p-1/b10-9-;;. The van der Waals surface area contributed by atoms with E-state index in [1.807, 2.05) is 0 Å². The monoisotopic (exact) mass is 676 g/mol. The molecule has 0 radical (unpaired) electrons. The number of hydrogen-bond donors (Lipinski definition) is 5. The average molecular weight is 677 g/mol. The molecule has 0 bridgehead atoms. The van der Waals surface area contributed by atoms with Gasteiger partial charge in [-0.05, 0) is 32.1 Å². The van der Waals surface area contributed by atoms with Crippen molar-refractivity contribution in [3.63, 3.8) is 0 Å². The number of ether oxygens (including phenoxy) is 1. The maximum Gasteiger partial charge on any atom is 1.00 e. The first-order valence-corrected chi connectivity index (χ1v) is 17.3. The molecule has 0 heterocycles. The van der Waals surface area contributed by atoms with E-state index in [1.165, 1.54) is 44.9 Å². The van der Waals surface area contributed by atoms with Gasteiger partial charge in [0.15, 0.2) is 5.25 Å². The van der Waals surface area contributed by atoms with Crippen LogP contribution in [-0.4, -0.2) is 114 Å². The van der Waals surface area contributed by atoms with Crippen LogP contribution in [-0.2, 0) is 29.2 Å². The van der Waals surface area contributed by atoms with Crippen LogP contribution in [0, 0.1) is 0 Å². The van der Waals surface area contributed by atoms with Gasteiger partial charge < -0.3 is 35.0 Å². The molecular weight excluding hydrogens is 619 g/mol. The van der Waals surface area contributed by atoms with Crippen LogP contribution in [0.5, 0.6) is 0 Å². The van der Waals surface area contributed by atoms with Gasteiger partial charge >= 0.3 is 41.5 Å². The van der Waals surface area contributed by atoms with Gasteiger partial charge in [-0.2, -0.15) is 0 Å². The molecule has 0 rings (SSSR count). The molecule has 0 aromatic carbocycles. The molecule has 1 unspecified atom stereocenters. The zero-order valence-corrected chi connectivity index (χ0v) is 30.3. The second-order valence-electron chi connectivity index (χ2n) is 10.4. The SMILES string of the molecule is CCCCCCCC/C=C\CCCCCCCC(=O)NCCOC(=O)C(CC(=O)O)S(=O)(=O)[O-].OCCN(CCO)CCO.[Na+]. The van der Waals surface area contributed by atoms with Gasteiger partial charge in [0.1, 0.15) is 16.7 Å². The number of nitrogens with one attached hydrogen (secondary N) is 1. The van der Waals surface area contributed by atoms with E-state index < -0.39 is 33.7 Å². The summed E-state index contributed by atoms with van der Waals surface area (Å²) in [5.74, 6) is -3.24. The molecule has 15 heteroatoms. The number of aliphatic carboxylic acids is 1. The normalized spacial score (nSPS) is 11.9. The van der Waals surface area contributed by atoms with Crippen LogP contribution in [0.25, 0.3) is 0 Å². The number of amides is 1. The fourth-order valence-electron chi connectivity index (χ4n) is 4.10. The molecule has 45 heavy (non-hydrogen) atoms. The smallest absolute Gasteiger partial charge is 0.747 e. The zero-order chi connectivity index (χ0) is 33.5. The molecule has 0 aromatic rings. The van der Waals surface area contributed by atoms with E-state index in [0.29, 0.717) is 26.1 Å². The molecule has 0 fully saturated rings. The van der Waals surface area contributed by atoms with Crippen molar-refractivity contribution in [2.45, 2.75) is 108 Å². The maximum absolute atomic E-state index is 11.8. The Morgan fingerprint density at radius 2 is 1.29 bits per heavy atom. The fraction of sp³-hybridized carbons (Fsp3) is 0.833. The molecule has 13 nitrogen and oxygen atoms in total. The van der Waals surface area contributed by atoms with Crippen LogP contribution in [0.1, 0.15) is 103 Å². The summed E-state index contributed by atoms with van der Waals surface area (Å²) in [6, 6.07) is 0. The van der Waals surface area contributed by atoms with Gasteiger partial charge in [0.05, 0.1) is 32.8 Å². The Kier molecular flexibility index (Phi) is 36.8. The number of aliphatic hydroxyl groups excluding tert-OH is 3. The summed E-state index contributed by atoms with van der Waals surface area (Å²) in [5.41, 5.74) is 0. The molecule has 0 aliphatic heterocycles. The van der Waals surface area contributed by atoms with E-state index in [0.717, 1.165) is 38.5 Å². The van der Waals surface area contributed by atoms with Gasteiger partial charge in [-0.25, -0.2) is 8.42 Å². The molecule has 0 aliphatic rings. The van der Waals surface area contributed by atoms with Crippen LogP contribution in [0.3, 0.4) is 0 Å². The molecule has 5 N–H and O–H groups in total. The predicted octanol–water partition coefficient (Wildman–Crippen LogP) is -0.659. The largest absolute Gasteiger partial charge is 1.00 e. The maximum atomic E-state index is 11.8. The summed E-state index contributed by atoms with van der Waals surface area (Å²) in [5, 5.41) is 34.3. The Balaban J connectivity index is -0.00000137. The van der Waals surface area contributed by atoms with Gasteiger partial charge in [0.25, 0.3) is 0 Å². The van der Waals surface area contributed by atoms with E-state index in [4.69, 9.17) is 20.4 Å². The molecule has 0 spiro atoms.